The molecule has 0 fully saturated rings. The van der Waals surface area contributed by atoms with Crippen LogP contribution in [-0.4, -0.2) is 24.6 Å². The Labute approximate surface area is 134 Å². The molecule has 0 spiro atoms. The molecule has 2 aliphatic rings. The molecule has 5 nitrogen and oxygen atoms in total. The molecule has 0 unspecified atom stereocenters. The van der Waals surface area contributed by atoms with Gasteiger partial charge in [0, 0.05) is 32.2 Å². The number of hydrogen-bond donors (Lipinski definition) is 1. The second-order valence-corrected chi connectivity index (χ2v) is 5.94. The summed E-state index contributed by atoms with van der Waals surface area (Å²) in [6, 6.07) is 11.7. The van der Waals surface area contributed by atoms with E-state index in [0.717, 1.165) is 35.7 Å². The summed E-state index contributed by atoms with van der Waals surface area (Å²) in [6.07, 6.45) is 0. The van der Waals surface area contributed by atoms with E-state index >= 15 is 0 Å². The fourth-order valence-electron chi connectivity index (χ4n) is 3.03. The lowest BCUT2D eigenvalue weighted by Gasteiger charge is -2.18. The second-order valence-electron chi connectivity index (χ2n) is 5.94. The van der Waals surface area contributed by atoms with Crippen LogP contribution in [-0.2, 0) is 19.6 Å². The monoisotopic (exact) mass is 310 g/mol. The molecule has 118 valence electrons. The van der Waals surface area contributed by atoms with Gasteiger partial charge in [-0.2, -0.15) is 0 Å². The highest BCUT2D eigenvalue weighted by molar-refractivity contribution is 5.94. The predicted octanol–water partition coefficient (Wildman–Crippen LogP) is 2.29. The molecule has 0 aromatic heterocycles. The molecule has 4 rings (SSSR count). The average Bonchev–Trinajstić information content (AvgIpc) is 3.21. The van der Waals surface area contributed by atoms with E-state index in [2.05, 4.69) is 5.32 Å². The molecule has 23 heavy (non-hydrogen) atoms. The SMILES string of the molecule is CN(Cc1ccc2c(c1)OCO2)C(=O)c1ccc2c(c1)CNC2. The summed E-state index contributed by atoms with van der Waals surface area (Å²) in [4.78, 5) is 14.4. The molecular weight excluding hydrogens is 292 g/mol. The maximum Gasteiger partial charge on any atom is 0.253 e. The minimum atomic E-state index is 0.0253. The van der Waals surface area contributed by atoms with Crippen molar-refractivity contribution in [3.8, 4) is 11.5 Å². The van der Waals surface area contributed by atoms with Crippen LogP contribution < -0.4 is 14.8 Å². The highest BCUT2D eigenvalue weighted by atomic mass is 16.7. The van der Waals surface area contributed by atoms with Crippen LogP contribution in [0.2, 0.25) is 0 Å². The Morgan fingerprint density at radius 1 is 1.09 bits per heavy atom. The Hall–Kier alpha value is -2.53. The molecule has 2 aromatic carbocycles. The third kappa shape index (κ3) is 2.64. The Balaban J connectivity index is 1.50. The number of ether oxygens (including phenoxy) is 2. The lowest BCUT2D eigenvalue weighted by Crippen LogP contribution is -2.26. The van der Waals surface area contributed by atoms with Gasteiger partial charge in [0.15, 0.2) is 11.5 Å². The summed E-state index contributed by atoms with van der Waals surface area (Å²) in [5, 5.41) is 3.30. The minimum Gasteiger partial charge on any atom is -0.454 e. The third-order valence-corrected chi connectivity index (χ3v) is 4.29. The van der Waals surface area contributed by atoms with E-state index < -0.39 is 0 Å². The van der Waals surface area contributed by atoms with E-state index in [0.29, 0.717) is 6.54 Å². The van der Waals surface area contributed by atoms with Crippen LogP contribution in [0.3, 0.4) is 0 Å². The van der Waals surface area contributed by atoms with Crippen molar-refractivity contribution in [2.24, 2.45) is 0 Å². The fraction of sp³-hybridized carbons (Fsp3) is 0.278. The number of carbonyl (C=O) groups is 1. The van der Waals surface area contributed by atoms with Gasteiger partial charge in [-0.15, -0.1) is 0 Å². The van der Waals surface area contributed by atoms with Crippen LogP contribution >= 0.6 is 0 Å². The van der Waals surface area contributed by atoms with E-state index in [1.54, 1.807) is 4.90 Å². The highest BCUT2D eigenvalue weighted by Crippen LogP contribution is 2.32. The van der Waals surface area contributed by atoms with E-state index in [4.69, 9.17) is 9.47 Å². The number of fused-ring (bicyclic) bond motifs is 2. The molecule has 0 aliphatic carbocycles. The van der Waals surface area contributed by atoms with Crippen LogP contribution in [0.5, 0.6) is 11.5 Å². The Morgan fingerprint density at radius 3 is 2.83 bits per heavy atom. The number of benzene rings is 2. The van der Waals surface area contributed by atoms with E-state index in [1.165, 1.54) is 11.1 Å². The van der Waals surface area contributed by atoms with Gasteiger partial charge in [0.25, 0.3) is 5.91 Å². The number of nitrogens with one attached hydrogen (secondary N) is 1. The molecule has 0 saturated carbocycles. The molecular formula is C18H18N2O3. The summed E-state index contributed by atoms with van der Waals surface area (Å²) >= 11 is 0. The van der Waals surface area contributed by atoms with Crippen LogP contribution in [0.4, 0.5) is 0 Å². The molecule has 0 saturated heterocycles. The molecule has 2 heterocycles. The first-order chi connectivity index (χ1) is 11.2. The highest BCUT2D eigenvalue weighted by Gasteiger charge is 2.18. The summed E-state index contributed by atoms with van der Waals surface area (Å²) in [5.41, 5.74) is 4.25. The molecule has 5 heteroatoms. The van der Waals surface area contributed by atoms with Crippen molar-refractivity contribution in [2.45, 2.75) is 19.6 Å². The van der Waals surface area contributed by atoms with Gasteiger partial charge >= 0.3 is 0 Å². The molecule has 1 amide bonds. The molecule has 2 aromatic rings. The lowest BCUT2D eigenvalue weighted by molar-refractivity contribution is 0.0785. The fourth-order valence-corrected chi connectivity index (χ4v) is 3.03. The summed E-state index contributed by atoms with van der Waals surface area (Å²) in [7, 11) is 1.82. The smallest absolute Gasteiger partial charge is 0.253 e. The minimum absolute atomic E-state index is 0.0253. The first kappa shape index (κ1) is 14.1. The normalized spacial score (nSPS) is 14.7. The Morgan fingerprint density at radius 2 is 1.91 bits per heavy atom. The number of hydrogen-bond acceptors (Lipinski definition) is 4. The number of rotatable bonds is 3. The van der Waals surface area contributed by atoms with Gasteiger partial charge < -0.3 is 19.7 Å². The maximum atomic E-state index is 12.6. The molecule has 2 aliphatic heterocycles. The predicted molar refractivity (Wildman–Crippen MR) is 85.3 cm³/mol. The van der Waals surface area contributed by atoms with Gasteiger partial charge in [-0.3, -0.25) is 4.79 Å². The van der Waals surface area contributed by atoms with Crippen LogP contribution in [0.1, 0.15) is 27.0 Å². The first-order valence-electron chi connectivity index (χ1n) is 7.67. The first-order valence-corrected chi connectivity index (χ1v) is 7.67. The topological polar surface area (TPSA) is 50.8 Å². The average molecular weight is 310 g/mol. The second kappa shape index (κ2) is 5.59. The number of carbonyl (C=O) groups excluding carboxylic acids is 1. The molecule has 0 atom stereocenters. The standard InChI is InChI=1S/C18H18N2O3/c1-20(10-12-2-5-16-17(6-12)23-11-22-16)18(21)13-3-4-14-8-19-9-15(14)7-13/h2-7,19H,8-11H2,1H3. The van der Waals surface area contributed by atoms with Crippen LogP contribution in [0.15, 0.2) is 36.4 Å². The van der Waals surface area contributed by atoms with Crippen molar-refractivity contribution in [3.63, 3.8) is 0 Å². The summed E-state index contributed by atoms with van der Waals surface area (Å²) in [6.45, 7) is 2.51. The molecule has 0 radical (unpaired) electrons. The van der Waals surface area contributed by atoms with E-state index in [9.17, 15) is 4.79 Å². The Kier molecular flexibility index (Phi) is 3.42. The van der Waals surface area contributed by atoms with Gasteiger partial charge in [0.05, 0.1) is 0 Å². The van der Waals surface area contributed by atoms with Gasteiger partial charge in [-0.1, -0.05) is 12.1 Å². The van der Waals surface area contributed by atoms with E-state index in [-0.39, 0.29) is 12.7 Å². The van der Waals surface area contributed by atoms with Crippen molar-refractivity contribution in [2.75, 3.05) is 13.8 Å². The van der Waals surface area contributed by atoms with Crippen molar-refractivity contribution in [1.29, 1.82) is 0 Å². The van der Waals surface area contributed by atoms with Gasteiger partial charge in [0.2, 0.25) is 6.79 Å². The van der Waals surface area contributed by atoms with Gasteiger partial charge in [-0.05, 0) is 41.0 Å². The lowest BCUT2D eigenvalue weighted by atomic mass is 10.1. The zero-order chi connectivity index (χ0) is 15.8. The van der Waals surface area contributed by atoms with Crippen LogP contribution in [0, 0.1) is 0 Å². The number of amides is 1. The zero-order valence-corrected chi connectivity index (χ0v) is 13.0. The van der Waals surface area contributed by atoms with Crippen LogP contribution in [0.25, 0.3) is 0 Å². The van der Waals surface area contributed by atoms with Crippen molar-refractivity contribution < 1.29 is 14.3 Å². The Bertz CT molecular complexity index is 773. The van der Waals surface area contributed by atoms with E-state index in [1.807, 2.05) is 43.4 Å². The third-order valence-electron chi connectivity index (χ3n) is 4.29. The quantitative estimate of drug-likeness (QED) is 0.945. The van der Waals surface area contributed by atoms with Crippen molar-refractivity contribution in [3.05, 3.63) is 58.7 Å². The maximum absolute atomic E-state index is 12.6. The number of nitrogens with zero attached hydrogens (tertiary/aromatic N) is 1. The van der Waals surface area contributed by atoms with Gasteiger partial charge in [-0.25, -0.2) is 0 Å². The van der Waals surface area contributed by atoms with Crippen molar-refractivity contribution in [1.82, 2.24) is 10.2 Å². The largest absolute Gasteiger partial charge is 0.454 e. The summed E-state index contributed by atoms with van der Waals surface area (Å²) in [5.74, 6) is 1.53. The summed E-state index contributed by atoms with van der Waals surface area (Å²) < 4.78 is 10.7. The molecule has 1 N–H and O–H groups in total. The van der Waals surface area contributed by atoms with Gasteiger partial charge in [0.1, 0.15) is 0 Å². The molecule has 0 bridgehead atoms. The van der Waals surface area contributed by atoms with Crippen molar-refractivity contribution >= 4 is 5.91 Å². The zero-order valence-electron chi connectivity index (χ0n) is 13.0.